The maximum Gasteiger partial charge on any atom is 0.134 e. The highest BCUT2D eigenvalue weighted by atomic mass is 19.1. The average molecular weight is 258 g/mol. The molecule has 2 heterocycles. The molecule has 19 heavy (non-hydrogen) atoms. The second-order valence-electron chi connectivity index (χ2n) is 4.69. The Morgan fingerprint density at radius 2 is 2.05 bits per heavy atom. The molecule has 4 nitrogen and oxygen atoms in total. The van der Waals surface area contributed by atoms with Crippen LogP contribution in [0.1, 0.15) is 18.4 Å². The van der Waals surface area contributed by atoms with Gasteiger partial charge in [0.05, 0.1) is 0 Å². The van der Waals surface area contributed by atoms with Crippen LogP contribution in [0.2, 0.25) is 0 Å². The van der Waals surface area contributed by atoms with Crippen molar-refractivity contribution < 1.29 is 4.39 Å². The fourth-order valence-electron chi connectivity index (χ4n) is 1.76. The number of pyridine rings is 2. The number of aromatic nitrogens is 2. The third-order valence-electron chi connectivity index (χ3n) is 2.98. The van der Waals surface area contributed by atoms with E-state index in [9.17, 15) is 4.39 Å². The summed E-state index contributed by atoms with van der Waals surface area (Å²) in [5, 5.41) is 6.39. The molecule has 2 N–H and O–H groups in total. The van der Waals surface area contributed by atoms with Crippen molar-refractivity contribution in [3.05, 3.63) is 48.0 Å². The number of nitrogens with one attached hydrogen (secondary N) is 2. The highest BCUT2D eigenvalue weighted by molar-refractivity contribution is 5.51. The molecule has 0 unspecified atom stereocenters. The maximum absolute atomic E-state index is 13.0. The van der Waals surface area contributed by atoms with Gasteiger partial charge in [0.15, 0.2) is 0 Å². The van der Waals surface area contributed by atoms with E-state index >= 15 is 0 Å². The van der Waals surface area contributed by atoms with Crippen LogP contribution in [-0.4, -0.2) is 16.0 Å². The summed E-state index contributed by atoms with van der Waals surface area (Å²) in [6.07, 6.45) is 5.79. The summed E-state index contributed by atoms with van der Waals surface area (Å²) in [5.74, 6) is 0.799. The van der Waals surface area contributed by atoms with Gasteiger partial charge in [-0.05, 0) is 30.5 Å². The third kappa shape index (κ3) is 3.48. The van der Waals surface area contributed by atoms with Crippen LogP contribution in [0.3, 0.4) is 0 Å². The first-order valence-corrected chi connectivity index (χ1v) is 6.36. The third-order valence-corrected chi connectivity index (χ3v) is 2.98. The van der Waals surface area contributed by atoms with E-state index in [1.54, 1.807) is 0 Å². The van der Waals surface area contributed by atoms with E-state index in [1.807, 2.05) is 18.3 Å². The van der Waals surface area contributed by atoms with Gasteiger partial charge < -0.3 is 10.6 Å². The molecule has 0 spiro atoms. The van der Waals surface area contributed by atoms with E-state index in [2.05, 4.69) is 20.6 Å². The molecule has 2 aromatic heterocycles. The molecule has 1 aliphatic carbocycles. The SMILES string of the molecule is Fc1ccnc(Nc2ccc(CNC3CC3)cn2)c1. The van der Waals surface area contributed by atoms with Gasteiger partial charge in [-0.25, -0.2) is 14.4 Å². The summed E-state index contributed by atoms with van der Waals surface area (Å²) in [7, 11) is 0. The van der Waals surface area contributed by atoms with Crippen molar-refractivity contribution in [2.45, 2.75) is 25.4 Å². The van der Waals surface area contributed by atoms with Crippen LogP contribution < -0.4 is 10.6 Å². The standard InChI is InChI=1S/C14H15FN4/c15-11-5-6-16-14(7-11)19-13-4-1-10(9-18-13)8-17-12-2-3-12/h1,4-7,9,12,17H,2-3,8H2,(H,16,18,19). The van der Waals surface area contributed by atoms with Crippen LogP contribution in [0.5, 0.6) is 0 Å². The van der Waals surface area contributed by atoms with E-state index < -0.39 is 0 Å². The van der Waals surface area contributed by atoms with E-state index in [-0.39, 0.29) is 5.82 Å². The van der Waals surface area contributed by atoms with Crippen molar-refractivity contribution in [1.82, 2.24) is 15.3 Å². The van der Waals surface area contributed by atoms with E-state index in [4.69, 9.17) is 0 Å². The van der Waals surface area contributed by atoms with Crippen LogP contribution in [0.15, 0.2) is 36.7 Å². The molecule has 0 amide bonds. The first-order chi connectivity index (χ1) is 9.29. The Morgan fingerprint density at radius 1 is 1.16 bits per heavy atom. The second-order valence-corrected chi connectivity index (χ2v) is 4.69. The normalized spacial score (nSPS) is 14.4. The first-order valence-electron chi connectivity index (χ1n) is 6.36. The van der Waals surface area contributed by atoms with Crippen molar-refractivity contribution in [2.75, 3.05) is 5.32 Å². The lowest BCUT2D eigenvalue weighted by molar-refractivity contribution is 0.626. The topological polar surface area (TPSA) is 49.8 Å². The summed E-state index contributed by atoms with van der Waals surface area (Å²) < 4.78 is 13.0. The molecule has 1 aliphatic rings. The monoisotopic (exact) mass is 258 g/mol. The van der Waals surface area contributed by atoms with Gasteiger partial charge in [0.1, 0.15) is 17.5 Å². The zero-order valence-corrected chi connectivity index (χ0v) is 10.4. The van der Waals surface area contributed by atoms with Crippen molar-refractivity contribution in [3.8, 4) is 0 Å². The summed E-state index contributed by atoms with van der Waals surface area (Å²) in [4.78, 5) is 8.31. The van der Waals surface area contributed by atoms with E-state index in [0.29, 0.717) is 17.7 Å². The van der Waals surface area contributed by atoms with Gasteiger partial charge in [0, 0.05) is 31.0 Å². The minimum atomic E-state index is -0.317. The summed E-state index contributed by atoms with van der Waals surface area (Å²) >= 11 is 0. The zero-order valence-electron chi connectivity index (χ0n) is 10.4. The molecule has 3 rings (SSSR count). The molecular formula is C14H15FN4. The molecule has 1 saturated carbocycles. The fraction of sp³-hybridized carbons (Fsp3) is 0.286. The minimum absolute atomic E-state index is 0.317. The summed E-state index contributed by atoms with van der Waals surface area (Å²) in [6, 6.07) is 7.21. The minimum Gasteiger partial charge on any atom is -0.325 e. The van der Waals surface area contributed by atoms with Crippen molar-refractivity contribution in [3.63, 3.8) is 0 Å². The number of halogens is 1. The smallest absolute Gasteiger partial charge is 0.134 e. The molecule has 0 aliphatic heterocycles. The Kier molecular flexibility index (Phi) is 3.37. The number of hydrogen-bond acceptors (Lipinski definition) is 4. The summed E-state index contributed by atoms with van der Waals surface area (Å²) in [5.41, 5.74) is 1.14. The van der Waals surface area contributed by atoms with Crippen LogP contribution in [0.4, 0.5) is 16.0 Å². The molecule has 5 heteroatoms. The molecular weight excluding hydrogens is 243 g/mol. The molecule has 0 atom stereocenters. The zero-order chi connectivity index (χ0) is 13.1. The quantitative estimate of drug-likeness (QED) is 0.865. The lowest BCUT2D eigenvalue weighted by atomic mass is 10.3. The van der Waals surface area contributed by atoms with Crippen LogP contribution >= 0.6 is 0 Å². The van der Waals surface area contributed by atoms with Crippen LogP contribution in [0.25, 0.3) is 0 Å². The molecule has 0 radical (unpaired) electrons. The van der Waals surface area contributed by atoms with E-state index in [0.717, 1.165) is 12.1 Å². The molecule has 98 valence electrons. The van der Waals surface area contributed by atoms with Gasteiger partial charge in [0.25, 0.3) is 0 Å². The molecule has 0 saturated heterocycles. The van der Waals surface area contributed by atoms with Crippen molar-refractivity contribution in [1.29, 1.82) is 0 Å². The number of rotatable bonds is 5. The highest BCUT2D eigenvalue weighted by Gasteiger charge is 2.19. The predicted octanol–water partition coefficient (Wildman–Crippen LogP) is 2.61. The Hall–Kier alpha value is -2.01. The van der Waals surface area contributed by atoms with Crippen LogP contribution in [0, 0.1) is 5.82 Å². The maximum atomic E-state index is 13.0. The number of hydrogen-bond donors (Lipinski definition) is 2. The lowest BCUT2D eigenvalue weighted by Crippen LogP contribution is -2.15. The van der Waals surface area contributed by atoms with Crippen LogP contribution in [-0.2, 0) is 6.54 Å². The van der Waals surface area contributed by atoms with Gasteiger partial charge in [-0.3, -0.25) is 0 Å². The summed E-state index contributed by atoms with van der Waals surface area (Å²) in [6.45, 7) is 0.843. The largest absolute Gasteiger partial charge is 0.325 e. The Labute approximate surface area is 111 Å². The molecule has 2 aromatic rings. The van der Waals surface area contributed by atoms with Crippen molar-refractivity contribution >= 4 is 11.6 Å². The Balaban J connectivity index is 1.61. The fourth-order valence-corrected chi connectivity index (χ4v) is 1.76. The Morgan fingerprint density at radius 3 is 2.74 bits per heavy atom. The van der Waals surface area contributed by atoms with Gasteiger partial charge in [-0.1, -0.05) is 6.07 Å². The predicted molar refractivity (Wildman–Crippen MR) is 71.6 cm³/mol. The van der Waals surface area contributed by atoms with E-state index in [1.165, 1.54) is 31.2 Å². The van der Waals surface area contributed by atoms with Crippen molar-refractivity contribution in [2.24, 2.45) is 0 Å². The van der Waals surface area contributed by atoms with Gasteiger partial charge in [-0.2, -0.15) is 0 Å². The van der Waals surface area contributed by atoms with Gasteiger partial charge >= 0.3 is 0 Å². The number of nitrogens with zero attached hydrogens (tertiary/aromatic N) is 2. The highest BCUT2D eigenvalue weighted by Crippen LogP contribution is 2.19. The number of anilines is 2. The molecule has 0 bridgehead atoms. The van der Waals surface area contributed by atoms with Gasteiger partial charge in [0.2, 0.25) is 0 Å². The molecule has 0 aromatic carbocycles. The lowest BCUT2D eigenvalue weighted by Gasteiger charge is -2.06. The molecule has 1 fully saturated rings. The first kappa shape index (κ1) is 12.0. The Bertz CT molecular complexity index is 552. The second kappa shape index (κ2) is 5.32. The average Bonchev–Trinajstić information content (AvgIpc) is 3.22. The van der Waals surface area contributed by atoms with Gasteiger partial charge in [-0.15, -0.1) is 0 Å².